The van der Waals surface area contributed by atoms with Crippen molar-refractivity contribution < 1.29 is 4.74 Å². The van der Waals surface area contributed by atoms with Crippen LogP contribution in [0.3, 0.4) is 0 Å². The molecular weight excluding hydrogens is 264 g/mol. The third-order valence-electron chi connectivity index (χ3n) is 4.00. The van der Waals surface area contributed by atoms with Crippen molar-refractivity contribution in [2.45, 2.75) is 12.5 Å². The minimum Gasteiger partial charge on any atom is -0.497 e. The van der Waals surface area contributed by atoms with E-state index in [0.29, 0.717) is 0 Å². The van der Waals surface area contributed by atoms with E-state index in [1.807, 2.05) is 30.6 Å². The summed E-state index contributed by atoms with van der Waals surface area (Å²) in [6, 6.07) is 10.4. The van der Waals surface area contributed by atoms with E-state index in [-0.39, 0.29) is 6.04 Å². The van der Waals surface area contributed by atoms with Crippen LogP contribution in [0.25, 0.3) is 10.9 Å². The molecule has 1 aromatic carbocycles. The van der Waals surface area contributed by atoms with Gasteiger partial charge in [-0.3, -0.25) is 4.98 Å². The third kappa shape index (κ3) is 1.93. The maximum Gasteiger partial charge on any atom is 0.133 e. The van der Waals surface area contributed by atoms with Crippen LogP contribution in [0.1, 0.15) is 18.0 Å². The summed E-state index contributed by atoms with van der Waals surface area (Å²) in [5, 5.41) is 9.34. The van der Waals surface area contributed by atoms with Crippen LogP contribution in [0.2, 0.25) is 0 Å². The summed E-state index contributed by atoms with van der Waals surface area (Å²) < 4.78 is 7.41. The van der Waals surface area contributed by atoms with E-state index in [1.165, 1.54) is 5.56 Å². The Hall–Kier alpha value is -2.56. The average molecular weight is 280 g/mol. The Bertz CT molecular complexity index is 782. The molecule has 106 valence electrons. The summed E-state index contributed by atoms with van der Waals surface area (Å²) >= 11 is 0. The van der Waals surface area contributed by atoms with Gasteiger partial charge in [0.2, 0.25) is 0 Å². The highest BCUT2D eigenvalue weighted by Gasteiger charge is 2.24. The van der Waals surface area contributed by atoms with E-state index in [2.05, 4.69) is 27.1 Å². The van der Waals surface area contributed by atoms with E-state index < -0.39 is 0 Å². The highest BCUT2D eigenvalue weighted by atomic mass is 16.5. The van der Waals surface area contributed by atoms with Gasteiger partial charge in [-0.25, -0.2) is 4.68 Å². The Balaban J connectivity index is 1.88. The van der Waals surface area contributed by atoms with Gasteiger partial charge in [0, 0.05) is 24.3 Å². The standard InChI is InChI=1S/C16H16N4O/c1-21-12-2-3-14-13(10-12)16-18-9-6-15(20(16)19-14)11-4-7-17-8-5-11/h2-5,7-8,10,15,18H,6,9H2,1H3. The first-order chi connectivity index (χ1) is 10.4. The second kappa shape index (κ2) is 4.77. The quantitative estimate of drug-likeness (QED) is 0.784. The summed E-state index contributed by atoms with van der Waals surface area (Å²) in [5.74, 6) is 1.92. The molecule has 0 aliphatic carbocycles. The number of pyridine rings is 1. The maximum atomic E-state index is 5.32. The molecule has 21 heavy (non-hydrogen) atoms. The monoisotopic (exact) mass is 280 g/mol. The van der Waals surface area contributed by atoms with Gasteiger partial charge < -0.3 is 10.1 Å². The molecule has 1 atom stereocenters. The van der Waals surface area contributed by atoms with Crippen LogP contribution in [-0.4, -0.2) is 28.4 Å². The number of hydrogen-bond acceptors (Lipinski definition) is 4. The van der Waals surface area contributed by atoms with Gasteiger partial charge in [0.1, 0.15) is 11.6 Å². The van der Waals surface area contributed by atoms with E-state index in [0.717, 1.165) is 35.4 Å². The smallest absolute Gasteiger partial charge is 0.133 e. The van der Waals surface area contributed by atoms with Crippen molar-refractivity contribution in [3.8, 4) is 5.75 Å². The highest BCUT2D eigenvalue weighted by molar-refractivity contribution is 5.91. The van der Waals surface area contributed by atoms with Crippen LogP contribution in [0, 0.1) is 0 Å². The molecule has 0 radical (unpaired) electrons. The summed E-state index contributed by atoms with van der Waals surface area (Å²) in [4.78, 5) is 4.10. The van der Waals surface area contributed by atoms with E-state index in [9.17, 15) is 0 Å². The molecule has 1 N–H and O–H groups in total. The van der Waals surface area contributed by atoms with E-state index in [1.54, 1.807) is 7.11 Å². The Morgan fingerprint density at radius 1 is 1.24 bits per heavy atom. The molecule has 4 rings (SSSR count). The Kier molecular flexibility index (Phi) is 2.77. The second-order valence-corrected chi connectivity index (χ2v) is 5.19. The van der Waals surface area contributed by atoms with Crippen molar-refractivity contribution in [1.29, 1.82) is 0 Å². The fraction of sp³-hybridized carbons (Fsp3) is 0.250. The van der Waals surface area contributed by atoms with Gasteiger partial charge in [-0.2, -0.15) is 5.10 Å². The summed E-state index contributed by atoms with van der Waals surface area (Å²) in [6.45, 7) is 0.936. The van der Waals surface area contributed by atoms with Crippen LogP contribution in [-0.2, 0) is 0 Å². The number of methoxy groups -OCH3 is 1. The largest absolute Gasteiger partial charge is 0.497 e. The van der Waals surface area contributed by atoms with Crippen molar-refractivity contribution in [3.63, 3.8) is 0 Å². The van der Waals surface area contributed by atoms with Gasteiger partial charge in [0.25, 0.3) is 0 Å². The lowest BCUT2D eigenvalue weighted by Gasteiger charge is -2.26. The number of nitrogens with one attached hydrogen (secondary N) is 1. The summed E-state index contributed by atoms with van der Waals surface area (Å²) in [6.07, 6.45) is 4.69. The Labute approximate surface area is 122 Å². The zero-order valence-electron chi connectivity index (χ0n) is 11.8. The molecule has 5 nitrogen and oxygen atoms in total. The van der Waals surface area contributed by atoms with Crippen LogP contribution < -0.4 is 10.1 Å². The minimum absolute atomic E-state index is 0.252. The zero-order chi connectivity index (χ0) is 14.2. The van der Waals surface area contributed by atoms with Crippen molar-refractivity contribution in [2.24, 2.45) is 0 Å². The third-order valence-corrected chi connectivity index (χ3v) is 4.00. The molecule has 1 unspecified atom stereocenters. The van der Waals surface area contributed by atoms with Gasteiger partial charge in [-0.05, 0) is 42.3 Å². The average Bonchev–Trinajstić information content (AvgIpc) is 2.93. The molecule has 0 bridgehead atoms. The first-order valence-corrected chi connectivity index (χ1v) is 7.07. The molecule has 0 spiro atoms. The van der Waals surface area contributed by atoms with Gasteiger partial charge in [0.15, 0.2) is 0 Å². The SMILES string of the molecule is COc1ccc2nn3c(c2c1)NCCC3c1ccncc1. The van der Waals surface area contributed by atoms with Crippen LogP contribution >= 0.6 is 0 Å². The second-order valence-electron chi connectivity index (χ2n) is 5.19. The number of hydrogen-bond donors (Lipinski definition) is 1. The van der Waals surface area contributed by atoms with Gasteiger partial charge in [0.05, 0.1) is 18.7 Å². The number of anilines is 1. The maximum absolute atomic E-state index is 5.32. The zero-order valence-corrected chi connectivity index (χ0v) is 11.8. The van der Waals surface area contributed by atoms with Crippen molar-refractivity contribution in [2.75, 3.05) is 19.0 Å². The molecule has 3 heterocycles. The van der Waals surface area contributed by atoms with E-state index >= 15 is 0 Å². The first-order valence-electron chi connectivity index (χ1n) is 7.07. The number of nitrogens with zero attached hydrogens (tertiary/aromatic N) is 3. The highest BCUT2D eigenvalue weighted by Crippen LogP contribution is 2.35. The fourth-order valence-corrected chi connectivity index (χ4v) is 2.95. The molecule has 0 fully saturated rings. The van der Waals surface area contributed by atoms with Crippen LogP contribution in [0.15, 0.2) is 42.7 Å². The fourth-order valence-electron chi connectivity index (χ4n) is 2.95. The van der Waals surface area contributed by atoms with Crippen molar-refractivity contribution in [3.05, 3.63) is 48.3 Å². The summed E-state index contributed by atoms with van der Waals surface area (Å²) in [7, 11) is 1.68. The molecule has 1 aliphatic heterocycles. The van der Waals surface area contributed by atoms with E-state index in [4.69, 9.17) is 9.84 Å². The molecule has 0 saturated heterocycles. The molecule has 0 amide bonds. The number of rotatable bonds is 2. The molecule has 2 aromatic heterocycles. The Morgan fingerprint density at radius 2 is 2.10 bits per heavy atom. The number of aromatic nitrogens is 3. The number of fused-ring (bicyclic) bond motifs is 3. The molecule has 1 aliphatic rings. The molecule has 5 heteroatoms. The predicted molar refractivity (Wildman–Crippen MR) is 81.8 cm³/mol. The van der Waals surface area contributed by atoms with Gasteiger partial charge >= 0.3 is 0 Å². The Morgan fingerprint density at radius 3 is 2.90 bits per heavy atom. The first kappa shape index (κ1) is 12.2. The topological polar surface area (TPSA) is 52.0 Å². The molecular formula is C16H16N4O. The normalized spacial score (nSPS) is 17.3. The minimum atomic E-state index is 0.252. The lowest BCUT2D eigenvalue weighted by Crippen LogP contribution is -2.24. The van der Waals surface area contributed by atoms with Gasteiger partial charge in [-0.1, -0.05) is 0 Å². The summed E-state index contributed by atoms with van der Waals surface area (Å²) in [5.41, 5.74) is 2.23. The molecule has 3 aromatic rings. The number of benzene rings is 1. The van der Waals surface area contributed by atoms with Crippen molar-refractivity contribution >= 4 is 16.7 Å². The molecule has 0 saturated carbocycles. The van der Waals surface area contributed by atoms with Crippen LogP contribution in [0.5, 0.6) is 5.75 Å². The van der Waals surface area contributed by atoms with Gasteiger partial charge in [-0.15, -0.1) is 0 Å². The lowest BCUT2D eigenvalue weighted by molar-refractivity contribution is 0.415. The van der Waals surface area contributed by atoms with Crippen molar-refractivity contribution in [1.82, 2.24) is 14.8 Å². The number of ether oxygens (including phenoxy) is 1. The predicted octanol–water partition coefficient (Wildman–Crippen LogP) is 2.84. The van der Waals surface area contributed by atoms with Crippen LogP contribution in [0.4, 0.5) is 5.82 Å². The lowest BCUT2D eigenvalue weighted by atomic mass is 10.0.